The maximum absolute atomic E-state index is 13.5. The van der Waals surface area contributed by atoms with Gasteiger partial charge in [-0.2, -0.15) is 0 Å². The molecule has 8 heteroatoms. The van der Waals surface area contributed by atoms with Gasteiger partial charge in [-0.1, -0.05) is 12.1 Å². The molecule has 3 aromatic rings. The van der Waals surface area contributed by atoms with Crippen LogP contribution < -0.4 is 14.4 Å². The molecule has 0 aromatic heterocycles. The van der Waals surface area contributed by atoms with Gasteiger partial charge in [-0.3, -0.25) is 14.4 Å². The minimum Gasteiger partial charge on any atom is -0.497 e. The number of hydrogen-bond acceptors (Lipinski definition) is 5. The Hall–Kier alpha value is -4.20. The zero-order chi connectivity index (χ0) is 24.2. The summed E-state index contributed by atoms with van der Waals surface area (Å²) in [6, 6.07) is 17.7. The van der Waals surface area contributed by atoms with Crippen molar-refractivity contribution >= 4 is 23.4 Å². The van der Waals surface area contributed by atoms with Crippen LogP contribution in [-0.2, 0) is 16.1 Å². The van der Waals surface area contributed by atoms with Crippen LogP contribution in [0.5, 0.6) is 11.5 Å². The van der Waals surface area contributed by atoms with Crippen molar-refractivity contribution in [2.75, 3.05) is 19.1 Å². The third-order valence-corrected chi connectivity index (χ3v) is 5.69. The second kappa shape index (κ2) is 9.74. The Balaban J connectivity index is 1.66. The SMILES string of the molecule is COc1ccc(C(=O)N(Cc2ccc(F)cc2)C2CC(=O)N(c3ccc(OC)cc3)C2=O)cc1. The Kier molecular flexibility index (Phi) is 6.58. The lowest BCUT2D eigenvalue weighted by Crippen LogP contribution is -2.45. The van der Waals surface area contributed by atoms with Crippen molar-refractivity contribution in [1.82, 2.24) is 4.90 Å². The van der Waals surface area contributed by atoms with Crippen molar-refractivity contribution in [3.05, 3.63) is 89.7 Å². The average molecular weight is 462 g/mol. The van der Waals surface area contributed by atoms with Gasteiger partial charge in [-0.25, -0.2) is 9.29 Å². The van der Waals surface area contributed by atoms with E-state index in [1.807, 2.05) is 0 Å². The molecule has 0 radical (unpaired) electrons. The standard InChI is InChI=1S/C26H23FN2O5/c1-33-21-11-5-18(6-12-21)25(31)28(16-17-3-7-19(27)8-4-17)23-15-24(30)29(26(23)32)20-9-13-22(34-2)14-10-20/h3-14,23H,15-16H2,1-2H3. The summed E-state index contributed by atoms with van der Waals surface area (Å²) >= 11 is 0. The summed E-state index contributed by atoms with van der Waals surface area (Å²) in [4.78, 5) is 42.2. The monoisotopic (exact) mass is 462 g/mol. The second-order valence-electron chi connectivity index (χ2n) is 7.77. The number of hydrogen-bond donors (Lipinski definition) is 0. The Morgan fingerprint density at radius 3 is 2.03 bits per heavy atom. The molecule has 1 heterocycles. The first kappa shape index (κ1) is 23.0. The van der Waals surface area contributed by atoms with Crippen LogP contribution in [0.2, 0.25) is 0 Å². The molecule has 0 saturated carbocycles. The van der Waals surface area contributed by atoms with E-state index in [0.29, 0.717) is 28.3 Å². The number of methoxy groups -OCH3 is 2. The molecule has 0 N–H and O–H groups in total. The summed E-state index contributed by atoms with van der Waals surface area (Å²) in [6.07, 6.45) is -0.159. The van der Waals surface area contributed by atoms with Crippen molar-refractivity contribution < 1.29 is 28.2 Å². The number of amides is 3. The van der Waals surface area contributed by atoms with E-state index in [4.69, 9.17) is 9.47 Å². The van der Waals surface area contributed by atoms with Crippen molar-refractivity contribution in [1.29, 1.82) is 0 Å². The predicted octanol–water partition coefficient (Wildman–Crippen LogP) is 3.82. The number of halogens is 1. The Labute approximate surface area is 196 Å². The molecule has 1 aliphatic rings. The Morgan fingerprint density at radius 2 is 1.47 bits per heavy atom. The highest BCUT2D eigenvalue weighted by Gasteiger charge is 2.44. The zero-order valence-electron chi connectivity index (χ0n) is 18.7. The number of carbonyl (C=O) groups excluding carboxylic acids is 3. The van der Waals surface area contributed by atoms with Gasteiger partial charge >= 0.3 is 0 Å². The van der Waals surface area contributed by atoms with Gasteiger partial charge in [0.15, 0.2) is 0 Å². The van der Waals surface area contributed by atoms with Gasteiger partial charge in [-0.05, 0) is 66.2 Å². The van der Waals surface area contributed by atoms with Crippen molar-refractivity contribution in [2.45, 2.75) is 19.0 Å². The maximum atomic E-state index is 13.5. The van der Waals surface area contributed by atoms with E-state index in [0.717, 1.165) is 4.90 Å². The van der Waals surface area contributed by atoms with Crippen molar-refractivity contribution in [2.24, 2.45) is 0 Å². The number of imide groups is 1. The van der Waals surface area contributed by atoms with Crippen molar-refractivity contribution in [3.63, 3.8) is 0 Å². The van der Waals surface area contributed by atoms with E-state index < -0.39 is 29.6 Å². The highest BCUT2D eigenvalue weighted by atomic mass is 19.1. The quantitative estimate of drug-likeness (QED) is 0.499. The topological polar surface area (TPSA) is 76.2 Å². The predicted molar refractivity (Wildman–Crippen MR) is 123 cm³/mol. The van der Waals surface area contributed by atoms with Gasteiger partial charge in [0.1, 0.15) is 23.4 Å². The van der Waals surface area contributed by atoms with E-state index >= 15 is 0 Å². The van der Waals surface area contributed by atoms with Crippen LogP contribution >= 0.6 is 0 Å². The second-order valence-corrected chi connectivity index (χ2v) is 7.77. The van der Waals surface area contributed by atoms with Crippen LogP contribution in [0.4, 0.5) is 10.1 Å². The number of anilines is 1. The number of nitrogens with zero attached hydrogens (tertiary/aromatic N) is 2. The molecule has 1 saturated heterocycles. The smallest absolute Gasteiger partial charge is 0.257 e. The van der Waals surface area contributed by atoms with Gasteiger partial charge in [0.25, 0.3) is 11.8 Å². The zero-order valence-corrected chi connectivity index (χ0v) is 18.7. The molecule has 174 valence electrons. The highest BCUT2D eigenvalue weighted by molar-refractivity contribution is 6.23. The largest absolute Gasteiger partial charge is 0.497 e. The highest BCUT2D eigenvalue weighted by Crippen LogP contribution is 2.29. The molecule has 1 fully saturated rings. The first-order valence-corrected chi connectivity index (χ1v) is 10.6. The fourth-order valence-corrected chi connectivity index (χ4v) is 3.87. The lowest BCUT2D eigenvalue weighted by Gasteiger charge is -2.28. The van der Waals surface area contributed by atoms with Gasteiger partial charge in [-0.15, -0.1) is 0 Å². The first-order valence-electron chi connectivity index (χ1n) is 10.6. The van der Waals surface area contributed by atoms with Crippen molar-refractivity contribution in [3.8, 4) is 11.5 Å². The number of ether oxygens (including phenoxy) is 2. The van der Waals surface area contributed by atoms with E-state index in [1.165, 1.54) is 31.3 Å². The molecule has 4 rings (SSSR count). The Bertz CT molecular complexity index is 1190. The maximum Gasteiger partial charge on any atom is 0.257 e. The average Bonchev–Trinajstić information content (AvgIpc) is 3.16. The summed E-state index contributed by atoms with van der Waals surface area (Å²) < 4.78 is 23.7. The number of rotatable bonds is 7. The molecular formula is C26H23FN2O5. The van der Waals surface area contributed by atoms with E-state index in [9.17, 15) is 18.8 Å². The summed E-state index contributed by atoms with van der Waals surface area (Å²) in [7, 11) is 3.05. The molecule has 0 bridgehead atoms. The van der Waals surface area contributed by atoms with E-state index in [-0.39, 0.29) is 13.0 Å². The Morgan fingerprint density at radius 1 is 0.912 bits per heavy atom. The summed E-state index contributed by atoms with van der Waals surface area (Å²) in [5.41, 5.74) is 1.37. The molecule has 1 unspecified atom stereocenters. The summed E-state index contributed by atoms with van der Waals surface area (Å²) in [5, 5.41) is 0. The normalized spacial score (nSPS) is 15.4. The van der Waals surface area contributed by atoms with Crippen LogP contribution in [-0.4, -0.2) is 42.9 Å². The van der Waals surface area contributed by atoms with Crippen LogP contribution in [0.15, 0.2) is 72.8 Å². The lowest BCUT2D eigenvalue weighted by molar-refractivity contribution is -0.122. The molecule has 0 aliphatic carbocycles. The van der Waals surface area contributed by atoms with Gasteiger partial charge < -0.3 is 14.4 Å². The number of carbonyl (C=O) groups is 3. The molecule has 7 nitrogen and oxygen atoms in total. The molecule has 1 aliphatic heterocycles. The minimum atomic E-state index is -1.01. The lowest BCUT2D eigenvalue weighted by atomic mass is 10.1. The first-order chi connectivity index (χ1) is 16.4. The fraction of sp³-hybridized carbons (Fsp3) is 0.192. The molecule has 3 aromatic carbocycles. The third kappa shape index (κ3) is 4.61. The van der Waals surface area contributed by atoms with Crippen LogP contribution in [0.1, 0.15) is 22.3 Å². The summed E-state index contributed by atoms with van der Waals surface area (Å²) in [5.74, 6) is -0.568. The van der Waals surface area contributed by atoms with Gasteiger partial charge in [0.05, 0.1) is 26.3 Å². The molecule has 1 atom stereocenters. The molecule has 0 spiro atoms. The molecular weight excluding hydrogens is 439 g/mol. The van der Waals surface area contributed by atoms with Crippen LogP contribution in [0.3, 0.4) is 0 Å². The van der Waals surface area contributed by atoms with Gasteiger partial charge in [0.2, 0.25) is 5.91 Å². The fourth-order valence-electron chi connectivity index (χ4n) is 3.87. The van der Waals surface area contributed by atoms with Gasteiger partial charge in [0, 0.05) is 12.1 Å². The molecule has 34 heavy (non-hydrogen) atoms. The minimum absolute atomic E-state index is 0.0330. The van der Waals surface area contributed by atoms with Crippen LogP contribution in [0.25, 0.3) is 0 Å². The van der Waals surface area contributed by atoms with E-state index in [2.05, 4.69) is 0 Å². The molecule has 3 amide bonds. The number of benzene rings is 3. The van der Waals surface area contributed by atoms with Crippen LogP contribution in [0, 0.1) is 5.82 Å². The van der Waals surface area contributed by atoms with E-state index in [1.54, 1.807) is 60.7 Å². The third-order valence-electron chi connectivity index (χ3n) is 5.69. The summed E-state index contributed by atoms with van der Waals surface area (Å²) in [6.45, 7) is 0.0330.